The number of rotatable bonds is 3. The van der Waals surface area contributed by atoms with Crippen LogP contribution in [-0.4, -0.2) is 21.0 Å². The van der Waals surface area contributed by atoms with E-state index in [1.165, 1.54) is 0 Å². The molecule has 0 saturated heterocycles. The smallest absolute Gasteiger partial charge is 0.309 e. The Hall–Kier alpha value is -2.23. The first-order valence-electron chi connectivity index (χ1n) is 5.25. The van der Waals surface area contributed by atoms with Gasteiger partial charge in [-0.1, -0.05) is 6.07 Å². The van der Waals surface area contributed by atoms with Crippen LogP contribution in [0.5, 0.6) is 0 Å². The lowest BCUT2D eigenvalue weighted by Crippen LogP contribution is -2.05. The molecule has 2 aromatic heterocycles. The summed E-state index contributed by atoms with van der Waals surface area (Å²) in [6.07, 6.45) is 3.29. The molecule has 2 aromatic rings. The van der Waals surface area contributed by atoms with Gasteiger partial charge in [-0.2, -0.15) is 0 Å². The Kier molecular flexibility index (Phi) is 3.14. The summed E-state index contributed by atoms with van der Waals surface area (Å²) in [5.74, 6) is -0.876. The van der Waals surface area contributed by atoms with E-state index in [9.17, 15) is 4.79 Å². The van der Waals surface area contributed by atoms with E-state index in [1.807, 2.05) is 31.2 Å². The minimum Gasteiger partial charge on any atom is -0.481 e. The van der Waals surface area contributed by atoms with E-state index in [0.717, 1.165) is 16.8 Å². The highest BCUT2D eigenvalue weighted by atomic mass is 16.4. The maximum atomic E-state index is 10.8. The Morgan fingerprint density at radius 1 is 1.24 bits per heavy atom. The number of aryl methyl sites for hydroxylation is 1. The SMILES string of the molecule is Cc1ccc(-c2ccncc2)c(CC(=O)O)n1. The summed E-state index contributed by atoms with van der Waals surface area (Å²) in [4.78, 5) is 19.0. The predicted octanol–water partition coefficient (Wildman–Crippen LogP) is 2.08. The van der Waals surface area contributed by atoms with Crippen molar-refractivity contribution in [3.63, 3.8) is 0 Å². The fourth-order valence-electron chi connectivity index (χ4n) is 1.68. The van der Waals surface area contributed by atoms with Gasteiger partial charge in [0.05, 0.1) is 12.1 Å². The molecule has 0 unspecified atom stereocenters. The van der Waals surface area contributed by atoms with Gasteiger partial charge in [-0.15, -0.1) is 0 Å². The van der Waals surface area contributed by atoms with E-state index < -0.39 is 5.97 Å². The molecule has 0 amide bonds. The molecular weight excluding hydrogens is 216 g/mol. The first kappa shape index (κ1) is 11.3. The number of carbonyl (C=O) groups is 1. The fourth-order valence-corrected chi connectivity index (χ4v) is 1.68. The number of hydrogen-bond donors (Lipinski definition) is 1. The molecule has 0 fully saturated rings. The standard InChI is InChI=1S/C13H12N2O2/c1-9-2-3-11(10-4-6-14-7-5-10)12(15-9)8-13(16)17/h2-7H,8H2,1H3,(H,16,17). The molecule has 0 atom stereocenters. The van der Waals surface area contributed by atoms with E-state index in [1.54, 1.807) is 12.4 Å². The molecule has 2 rings (SSSR count). The zero-order valence-corrected chi connectivity index (χ0v) is 9.42. The molecule has 17 heavy (non-hydrogen) atoms. The molecule has 0 radical (unpaired) electrons. The van der Waals surface area contributed by atoms with Gasteiger partial charge < -0.3 is 5.11 Å². The second-order valence-electron chi connectivity index (χ2n) is 3.75. The average molecular weight is 228 g/mol. The average Bonchev–Trinajstić information content (AvgIpc) is 2.29. The third kappa shape index (κ3) is 2.66. The van der Waals surface area contributed by atoms with Crippen molar-refractivity contribution in [3.05, 3.63) is 48.0 Å². The minimum atomic E-state index is -0.876. The van der Waals surface area contributed by atoms with Crippen LogP contribution in [0.2, 0.25) is 0 Å². The maximum Gasteiger partial charge on any atom is 0.309 e. The number of aromatic nitrogens is 2. The Morgan fingerprint density at radius 3 is 2.59 bits per heavy atom. The second kappa shape index (κ2) is 4.74. The number of aliphatic carboxylic acids is 1. The molecule has 86 valence electrons. The minimum absolute atomic E-state index is 0.0701. The highest BCUT2D eigenvalue weighted by Gasteiger charge is 2.10. The molecule has 4 heteroatoms. The summed E-state index contributed by atoms with van der Waals surface area (Å²) >= 11 is 0. The van der Waals surface area contributed by atoms with Crippen molar-refractivity contribution in [3.8, 4) is 11.1 Å². The molecule has 0 aliphatic heterocycles. The third-order valence-electron chi connectivity index (χ3n) is 2.42. The lowest BCUT2D eigenvalue weighted by Gasteiger charge is -2.07. The van der Waals surface area contributed by atoms with Crippen molar-refractivity contribution in [1.29, 1.82) is 0 Å². The van der Waals surface area contributed by atoms with Crippen LogP contribution in [0, 0.1) is 6.92 Å². The number of carboxylic acids is 1. The number of carboxylic acid groups (broad SMARTS) is 1. The van der Waals surface area contributed by atoms with Crippen LogP contribution in [-0.2, 0) is 11.2 Å². The van der Waals surface area contributed by atoms with Gasteiger partial charge in [0.1, 0.15) is 0 Å². The van der Waals surface area contributed by atoms with Crippen LogP contribution < -0.4 is 0 Å². The lowest BCUT2D eigenvalue weighted by atomic mass is 10.0. The molecule has 2 heterocycles. The van der Waals surface area contributed by atoms with Gasteiger partial charge in [-0.25, -0.2) is 0 Å². The van der Waals surface area contributed by atoms with Crippen molar-refractivity contribution < 1.29 is 9.90 Å². The van der Waals surface area contributed by atoms with Crippen molar-refractivity contribution in [2.45, 2.75) is 13.3 Å². The quantitative estimate of drug-likeness (QED) is 0.873. The van der Waals surface area contributed by atoms with Gasteiger partial charge in [0, 0.05) is 23.7 Å². The third-order valence-corrected chi connectivity index (χ3v) is 2.42. The molecular formula is C13H12N2O2. The van der Waals surface area contributed by atoms with Gasteiger partial charge in [0.2, 0.25) is 0 Å². The molecule has 0 saturated carbocycles. The summed E-state index contributed by atoms with van der Waals surface area (Å²) in [6.45, 7) is 1.85. The summed E-state index contributed by atoms with van der Waals surface area (Å²) in [6, 6.07) is 7.46. The van der Waals surface area contributed by atoms with Crippen molar-refractivity contribution in [1.82, 2.24) is 9.97 Å². The summed E-state index contributed by atoms with van der Waals surface area (Å²) in [5, 5.41) is 8.88. The van der Waals surface area contributed by atoms with Gasteiger partial charge >= 0.3 is 5.97 Å². The second-order valence-corrected chi connectivity index (χ2v) is 3.75. The van der Waals surface area contributed by atoms with Gasteiger partial charge in [0.15, 0.2) is 0 Å². The van der Waals surface area contributed by atoms with E-state index in [-0.39, 0.29) is 6.42 Å². The summed E-state index contributed by atoms with van der Waals surface area (Å²) in [7, 11) is 0. The number of nitrogens with zero attached hydrogens (tertiary/aromatic N) is 2. The van der Waals surface area contributed by atoms with Crippen LogP contribution in [0.4, 0.5) is 0 Å². The van der Waals surface area contributed by atoms with Crippen LogP contribution in [0.15, 0.2) is 36.7 Å². The Morgan fingerprint density at radius 2 is 1.94 bits per heavy atom. The number of pyridine rings is 2. The first-order chi connectivity index (χ1) is 8.16. The van der Waals surface area contributed by atoms with Crippen molar-refractivity contribution in [2.24, 2.45) is 0 Å². The van der Waals surface area contributed by atoms with E-state index in [4.69, 9.17) is 5.11 Å². The van der Waals surface area contributed by atoms with Crippen molar-refractivity contribution in [2.75, 3.05) is 0 Å². The monoisotopic (exact) mass is 228 g/mol. The highest BCUT2D eigenvalue weighted by molar-refractivity contribution is 5.75. The largest absolute Gasteiger partial charge is 0.481 e. The zero-order chi connectivity index (χ0) is 12.3. The maximum absolute atomic E-state index is 10.8. The molecule has 4 nitrogen and oxygen atoms in total. The highest BCUT2D eigenvalue weighted by Crippen LogP contribution is 2.22. The lowest BCUT2D eigenvalue weighted by molar-refractivity contribution is -0.136. The van der Waals surface area contributed by atoms with Crippen LogP contribution in [0.3, 0.4) is 0 Å². The molecule has 0 aliphatic rings. The molecule has 0 aliphatic carbocycles. The van der Waals surface area contributed by atoms with Crippen LogP contribution in [0.25, 0.3) is 11.1 Å². The van der Waals surface area contributed by atoms with Crippen molar-refractivity contribution >= 4 is 5.97 Å². The van der Waals surface area contributed by atoms with E-state index in [2.05, 4.69) is 9.97 Å². The molecule has 1 N–H and O–H groups in total. The molecule has 0 bridgehead atoms. The zero-order valence-electron chi connectivity index (χ0n) is 9.42. The summed E-state index contributed by atoms with van der Waals surface area (Å²) < 4.78 is 0. The Bertz CT molecular complexity index is 538. The number of hydrogen-bond acceptors (Lipinski definition) is 3. The fraction of sp³-hybridized carbons (Fsp3) is 0.154. The predicted molar refractivity (Wildman–Crippen MR) is 63.5 cm³/mol. The Balaban J connectivity index is 2.50. The van der Waals surface area contributed by atoms with Gasteiger partial charge in [0.25, 0.3) is 0 Å². The van der Waals surface area contributed by atoms with Crippen LogP contribution >= 0.6 is 0 Å². The topological polar surface area (TPSA) is 63.1 Å². The van der Waals surface area contributed by atoms with Crippen LogP contribution in [0.1, 0.15) is 11.4 Å². The first-order valence-corrected chi connectivity index (χ1v) is 5.25. The van der Waals surface area contributed by atoms with E-state index >= 15 is 0 Å². The van der Waals surface area contributed by atoms with Gasteiger partial charge in [-0.05, 0) is 30.7 Å². The molecule has 0 spiro atoms. The van der Waals surface area contributed by atoms with E-state index in [0.29, 0.717) is 5.69 Å². The molecule has 0 aromatic carbocycles. The Labute approximate surface area is 99.0 Å². The summed E-state index contributed by atoms with van der Waals surface area (Å²) in [5.41, 5.74) is 3.19. The van der Waals surface area contributed by atoms with Gasteiger partial charge in [-0.3, -0.25) is 14.8 Å². The normalized spacial score (nSPS) is 10.2.